The molecule has 0 aromatic heterocycles. The molecule has 1 saturated heterocycles. The van der Waals surface area contributed by atoms with Crippen molar-refractivity contribution in [2.45, 2.75) is 17.9 Å². The largest absolute Gasteiger partial charge is 0.338 e. The van der Waals surface area contributed by atoms with E-state index in [4.69, 9.17) is 0 Å². The third-order valence-corrected chi connectivity index (χ3v) is 5.17. The van der Waals surface area contributed by atoms with Gasteiger partial charge in [-0.1, -0.05) is 12.1 Å². The smallest absolute Gasteiger partial charge is 0.263 e. The van der Waals surface area contributed by atoms with E-state index in [1.807, 2.05) is 0 Å². The Morgan fingerprint density at radius 1 is 1.27 bits per heavy atom. The van der Waals surface area contributed by atoms with Gasteiger partial charge < -0.3 is 10.2 Å². The highest BCUT2D eigenvalue weighted by Gasteiger charge is 2.31. The molecule has 22 heavy (non-hydrogen) atoms. The number of nitrogens with zero attached hydrogens (tertiary/aromatic N) is 2. The van der Waals surface area contributed by atoms with E-state index in [2.05, 4.69) is 15.0 Å². The molecule has 8 heteroatoms. The van der Waals surface area contributed by atoms with Crippen LogP contribution in [0.25, 0.3) is 0 Å². The first-order valence-corrected chi connectivity index (χ1v) is 8.67. The second-order valence-corrected chi connectivity index (χ2v) is 6.98. The Labute approximate surface area is 129 Å². The zero-order valence-electron chi connectivity index (χ0n) is 12.2. The fraction of sp³-hybridized carbons (Fsp3) is 0.429. The summed E-state index contributed by atoms with van der Waals surface area (Å²) in [5.74, 6) is 0.157. The van der Waals surface area contributed by atoms with Gasteiger partial charge in [-0.25, -0.2) is 8.42 Å². The highest BCUT2D eigenvalue weighted by atomic mass is 32.2. The van der Waals surface area contributed by atoms with Crippen molar-refractivity contribution >= 4 is 21.8 Å². The second-order valence-electron chi connectivity index (χ2n) is 5.33. The number of carbonyl (C=O) groups is 1. The lowest BCUT2D eigenvalue weighted by Crippen LogP contribution is -2.49. The van der Waals surface area contributed by atoms with Crippen molar-refractivity contribution in [3.63, 3.8) is 0 Å². The van der Waals surface area contributed by atoms with E-state index in [-0.39, 0.29) is 16.6 Å². The lowest BCUT2D eigenvalue weighted by Gasteiger charge is -2.28. The summed E-state index contributed by atoms with van der Waals surface area (Å²) in [4.78, 5) is 18.6. The fourth-order valence-electron chi connectivity index (χ4n) is 2.63. The molecule has 1 fully saturated rings. The molecule has 2 aliphatic rings. The molecule has 0 bridgehead atoms. The predicted octanol–water partition coefficient (Wildman–Crippen LogP) is -0.455. The SMILES string of the molecule is CC(N=C1NS(=O)(=O)c2ccccc21)C(=O)N1CCNCC1. The van der Waals surface area contributed by atoms with Crippen molar-refractivity contribution in [2.75, 3.05) is 26.2 Å². The fourth-order valence-corrected chi connectivity index (χ4v) is 3.87. The van der Waals surface area contributed by atoms with Gasteiger partial charge >= 0.3 is 0 Å². The van der Waals surface area contributed by atoms with Crippen molar-refractivity contribution in [2.24, 2.45) is 4.99 Å². The number of amidine groups is 1. The first kappa shape index (κ1) is 15.0. The zero-order valence-corrected chi connectivity index (χ0v) is 13.1. The minimum atomic E-state index is -3.57. The van der Waals surface area contributed by atoms with E-state index in [9.17, 15) is 13.2 Å². The van der Waals surface area contributed by atoms with E-state index in [1.54, 1.807) is 30.0 Å². The molecule has 7 nitrogen and oxygen atoms in total. The number of aliphatic imine (C=N–C) groups is 1. The number of nitrogens with one attached hydrogen (secondary N) is 2. The summed E-state index contributed by atoms with van der Waals surface area (Å²) in [6, 6.07) is 6.01. The van der Waals surface area contributed by atoms with Gasteiger partial charge in [0.05, 0.1) is 4.90 Å². The summed E-state index contributed by atoms with van der Waals surface area (Å²) >= 11 is 0. The molecule has 2 heterocycles. The number of hydrogen-bond donors (Lipinski definition) is 2. The van der Waals surface area contributed by atoms with E-state index >= 15 is 0 Å². The topological polar surface area (TPSA) is 90.9 Å². The van der Waals surface area contributed by atoms with E-state index in [0.717, 1.165) is 13.1 Å². The third kappa shape index (κ3) is 2.71. The number of carbonyl (C=O) groups excluding carboxylic acids is 1. The van der Waals surface area contributed by atoms with Gasteiger partial charge in [0.15, 0.2) is 0 Å². The Hall–Kier alpha value is -1.93. The van der Waals surface area contributed by atoms with Crippen LogP contribution in [-0.2, 0) is 14.8 Å². The summed E-state index contributed by atoms with van der Waals surface area (Å²) in [6.07, 6.45) is 0. The van der Waals surface area contributed by atoms with Gasteiger partial charge in [0, 0.05) is 31.7 Å². The number of rotatable bonds is 2. The minimum Gasteiger partial charge on any atom is -0.338 e. The number of benzene rings is 1. The molecule has 0 saturated carbocycles. The molecule has 1 atom stereocenters. The molecule has 0 aliphatic carbocycles. The predicted molar refractivity (Wildman–Crippen MR) is 82.2 cm³/mol. The van der Waals surface area contributed by atoms with Crippen LogP contribution in [0.1, 0.15) is 12.5 Å². The standard InChI is InChI=1S/C14H18N4O3S/c1-10(14(19)18-8-6-15-7-9-18)16-13-11-4-2-3-5-12(11)22(20,21)17-13/h2-5,10,15H,6-9H2,1H3,(H,16,17). The molecule has 1 aromatic rings. The number of piperazine rings is 1. The van der Waals surface area contributed by atoms with Crippen LogP contribution < -0.4 is 10.0 Å². The number of amides is 1. The lowest BCUT2D eigenvalue weighted by molar-refractivity contribution is -0.132. The molecule has 0 radical (unpaired) electrons. The zero-order chi connectivity index (χ0) is 15.7. The number of hydrogen-bond acceptors (Lipinski definition) is 5. The van der Waals surface area contributed by atoms with Crippen molar-refractivity contribution < 1.29 is 13.2 Å². The average Bonchev–Trinajstić information content (AvgIpc) is 2.79. The van der Waals surface area contributed by atoms with Gasteiger partial charge in [-0.3, -0.25) is 14.5 Å². The molecule has 3 rings (SSSR count). The molecule has 2 N–H and O–H groups in total. The molecule has 0 spiro atoms. The van der Waals surface area contributed by atoms with Crippen molar-refractivity contribution in [1.82, 2.24) is 14.9 Å². The maximum absolute atomic E-state index is 12.4. The molecule has 2 aliphatic heterocycles. The average molecular weight is 322 g/mol. The highest BCUT2D eigenvalue weighted by Crippen LogP contribution is 2.22. The monoisotopic (exact) mass is 322 g/mol. The Balaban J connectivity index is 1.85. The van der Waals surface area contributed by atoms with Crippen LogP contribution in [0.2, 0.25) is 0 Å². The number of sulfonamides is 1. The van der Waals surface area contributed by atoms with Crippen molar-refractivity contribution in [1.29, 1.82) is 0 Å². The Kier molecular flexibility index (Phi) is 3.88. The first-order chi connectivity index (χ1) is 10.5. The summed E-state index contributed by atoms with van der Waals surface area (Å²) in [5, 5.41) is 3.18. The summed E-state index contributed by atoms with van der Waals surface area (Å²) < 4.78 is 26.5. The van der Waals surface area contributed by atoms with Crippen LogP contribution in [0.15, 0.2) is 34.2 Å². The number of fused-ring (bicyclic) bond motifs is 1. The highest BCUT2D eigenvalue weighted by molar-refractivity contribution is 7.90. The van der Waals surface area contributed by atoms with Crippen molar-refractivity contribution in [3.8, 4) is 0 Å². The van der Waals surface area contributed by atoms with E-state index in [0.29, 0.717) is 18.7 Å². The normalized spacial score (nSPS) is 23.0. The summed E-state index contributed by atoms with van der Waals surface area (Å²) in [7, 11) is -3.57. The van der Waals surface area contributed by atoms with Crippen LogP contribution in [0.4, 0.5) is 0 Å². The van der Waals surface area contributed by atoms with Gasteiger partial charge in [0.25, 0.3) is 10.0 Å². The molecule has 118 valence electrons. The van der Waals surface area contributed by atoms with Crippen LogP contribution in [0.5, 0.6) is 0 Å². The summed E-state index contributed by atoms with van der Waals surface area (Å²) in [5.41, 5.74) is 0.516. The van der Waals surface area contributed by atoms with Gasteiger partial charge in [-0.05, 0) is 19.1 Å². The quantitative estimate of drug-likeness (QED) is 0.771. The van der Waals surface area contributed by atoms with Crippen LogP contribution >= 0.6 is 0 Å². The first-order valence-electron chi connectivity index (χ1n) is 7.18. The van der Waals surface area contributed by atoms with E-state index < -0.39 is 16.1 Å². The van der Waals surface area contributed by atoms with Gasteiger partial charge in [-0.2, -0.15) is 0 Å². The lowest BCUT2D eigenvalue weighted by atomic mass is 10.2. The molecular weight excluding hydrogens is 304 g/mol. The third-order valence-electron chi connectivity index (χ3n) is 3.77. The van der Waals surface area contributed by atoms with Gasteiger partial charge in [0.2, 0.25) is 5.91 Å². The van der Waals surface area contributed by atoms with Crippen molar-refractivity contribution in [3.05, 3.63) is 29.8 Å². The maximum atomic E-state index is 12.4. The molecule has 1 unspecified atom stereocenters. The van der Waals surface area contributed by atoms with E-state index in [1.165, 1.54) is 6.07 Å². The molecular formula is C14H18N4O3S. The Morgan fingerprint density at radius 3 is 2.68 bits per heavy atom. The molecule has 1 amide bonds. The summed E-state index contributed by atoms with van der Waals surface area (Å²) in [6.45, 7) is 4.52. The van der Waals surface area contributed by atoms with Crippen LogP contribution in [0.3, 0.4) is 0 Å². The van der Waals surface area contributed by atoms with Crippen LogP contribution in [0, 0.1) is 0 Å². The van der Waals surface area contributed by atoms with Crippen LogP contribution in [-0.4, -0.2) is 57.3 Å². The minimum absolute atomic E-state index is 0.0856. The second kappa shape index (κ2) is 5.69. The van der Waals surface area contributed by atoms with Gasteiger partial charge in [0.1, 0.15) is 11.9 Å². The molecule has 1 aromatic carbocycles. The maximum Gasteiger partial charge on any atom is 0.263 e. The van der Waals surface area contributed by atoms with Gasteiger partial charge in [-0.15, -0.1) is 0 Å². The Morgan fingerprint density at radius 2 is 1.95 bits per heavy atom. The Bertz CT molecular complexity index is 723.